The number of alkyl halides is 3. The number of benzene rings is 2. The molecule has 0 unspecified atom stereocenters. The molecular formula is C19H16F3N5O3. The first-order valence-corrected chi connectivity index (χ1v) is 8.65. The van der Waals surface area contributed by atoms with E-state index < -0.39 is 29.6 Å². The number of hydrogen-bond donors (Lipinski definition) is 4. The molecule has 2 aromatic rings. The predicted octanol–water partition coefficient (Wildman–Crippen LogP) is 2.22. The molecule has 30 heavy (non-hydrogen) atoms. The molecule has 1 heterocycles. The minimum atomic E-state index is -4.53. The summed E-state index contributed by atoms with van der Waals surface area (Å²) in [5.41, 5.74) is 1.98. The van der Waals surface area contributed by atoms with Crippen LogP contribution in [0.2, 0.25) is 0 Å². The first-order chi connectivity index (χ1) is 14.2. The van der Waals surface area contributed by atoms with Crippen molar-refractivity contribution in [1.29, 1.82) is 0 Å². The number of aromatic hydroxyl groups is 1. The van der Waals surface area contributed by atoms with Gasteiger partial charge in [0.25, 0.3) is 5.91 Å². The van der Waals surface area contributed by atoms with Crippen molar-refractivity contribution in [1.82, 2.24) is 10.7 Å². The van der Waals surface area contributed by atoms with Gasteiger partial charge in [-0.3, -0.25) is 14.9 Å². The second kappa shape index (κ2) is 8.64. The van der Waals surface area contributed by atoms with E-state index in [4.69, 9.17) is 0 Å². The van der Waals surface area contributed by atoms with Crippen LogP contribution >= 0.6 is 0 Å². The van der Waals surface area contributed by atoms with Crippen LogP contribution in [0, 0.1) is 0 Å². The summed E-state index contributed by atoms with van der Waals surface area (Å²) in [6, 6.07) is 9.57. The molecule has 0 fully saturated rings. The lowest BCUT2D eigenvalue weighted by molar-refractivity contribution is -0.137. The number of anilines is 1. The van der Waals surface area contributed by atoms with Crippen molar-refractivity contribution in [2.45, 2.75) is 18.6 Å². The standard InChI is InChI=1S/C19H16F3N5O3/c20-19(21,22)12-5-3-6-13(8-12)24-16(29)9-14-17(30)26-18(25-14)27-23-10-11-4-1-2-7-15(11)28/h1-8,10,14,28H,9H2,(H,24,29)(H2,25,26,27,30)/b23-10-/t14-/m0/s1. The lowest BCUT2D eigenvalue weighted by Gasteiger charge is -2.10. The molecule has 0 spiro atoms. The van der Waals surface area contributed by atoms with Crippen molar-refractivity contribution in [3.8, 4) is 5.75 Å². The highest BCUT2D eigenvalue weighted by atomic mass is 19.4. The number of guanidine groups is 1. The Balaban J connectivity index is 1.57. The van der Waals surface area contributed by atoms with E-state index in [0.717, 1.165) is 12.1 Å². The molecule has 156 valence electrons. The van der Waals surface area contributed by atoms with Crippen molar-refractivity contribution < 1.29 is 27.9 Å². The van der Waals surface area contributed by atoms with Crippen LogP contribution in [0.4, 0.5) is 18.9 Å². The first-order valence-electron chi connectivity index (χ1n) is 8.65. The highest BCUT2D eigenvalue weighted by Crippen LogP contribution is 2.30. The third-order valence-electron chi connectivity index (χ3n) is 3.99. The van der Waals surface area contributed by atoms with Crippen LogP contribution in [0.25, 0.3) is 0 Å². The maximum Gasteiger partial charge on any atom is 0.416 e. The molecule has 0 radical (unpaired) electrons. The summed E-state index contributed by atoms with van der Waals surface area (Å²) in [4.78, 5) is 28.0. The zero-order chi connectivity index (χ0) is 21.7. The van der Waals surface area contributed by atoms with Crippen LogP contribution in [0.15, 0.2) is 58.6 Å². The number of carbonyl (C=O) groups is 2. The fourth-order valence-electron chi connectivity index (χ4n) is 2.56. The van der Waals surface area contributed by atoms with Crippen LogP contribution in [0.5, 0.6) is 5.75 Å². The fraction of sp³-hybridized carbons (Fsp3) is 0.158. The molecule has 4 N–H and O–H groups in total. The number of carbonyl (C=O) groups excluding carboxylic acids is 2. The van der Waals surface area contributed by atoms with E-state index in [0.29, 0.717) is 5.56 Å². The topological polar surface area (TPSA) is 115 Å². The highest BCUT2D eigenvalue weighted by molar-refractivity contribution is 6.07. The Bertz CT molecular complexity index is 1020. The van der Waals surface area contributed by atoms with Crippen molar-refractivity contribution in [3.05, 3.63) is 59.7 Å². The normalized spacial score (nSPS) is 16.3. The maximum atomic E-state index is 12.7. The summed E-state index contributed by atoms with van der Waals surface area (Å²) in [5.74, 6) is -1.21. The van der Waals surface area contributed by atoms with E-state index >= 15 is 0 Å². The third-order valence-corrected chi connectivity index (χ3v) is 3.99. The number of halogens is 3. The molecule has 1 atom stereocenters. The number of para-hydroxylation sites is 1. The Morgan fingerprint density at radius 1 is 1.23 bits per heavy atom. The van der Waals surface area contributed by atoms with E-state index in [-0.39, 0.29) is 23.8 Å². The van der Waals surface area contributed by atoms with E-state index in [1.54, 1.807) is 18.2 Å². The van der Waals surface area contributed by atoms with E-state index in [2.05, 4.69) is 26.2 Å². The zero-order valence-electron chi connectivity index (χ0n) is 15.3. The minimum absolute atomic E-state index is 0.00328. The van der Waals surface area contributed by atoms with Gasteiger partial charge in [-0.05, 0) is 30.3 Å². The van der Waals surface area contributed by atoms with Gasteiger partial charge >= 0.3 is 6.18 Å². The molecule has 11 heteroatoms. The van der Waals surface area contributed by atoms with Gasteiger partial charge in [-0.15, -0.1) is 0 Å². The van der Waals surface area contributed by atoms with Crippen molar-refractivity contribution in [2.24, 2.45) is 10.1 Å². The third kappa shape index (κ3) is 5.34. The average Bonchev–Trinajstić information content (AvgIpc) is 3.02. The molecule has 0 saturated heterocycles. The number of nitrogens with one attached hydrogen (secondary N) is 3. The van der Waals surface area contributed by atoms with Crippen LogP contribution in [-0.4, -0.2) is 35.1 Å². The van der Waals surface area contributed by atoms with Gasteiger partial charge in [0, 0.05) is 11.3 Å². The monoisotopic (exact) mass is 419 g/mol. The predicted molar refractivity (Wildman–Crippen MR) is 103 cm³/mol. The Morgan fingerprint density at radius 3 is 2.73 bits per heavy atom. The van der Waals surface area contributed by atoms with Gasteiger partial charge in [0.05, 0.1) is 18.2 Å². The second-order valence-electron chi connectivity index (χ2n) is 6.24. The molecule has 0 saturated carbocycles. The van der Waals surface area contributed by atoms with Crippen LogP contribution in [0.3, 0.4) is 0 Å². The van der Waals surface area contributed by atoms with Crippen LogP contribution < -0.4 is 16.1 Å². The lowest BCUT2D eigenvalue weighted by atomic mass is 10.1. The summed E-state index contributed by atoms with van der Waals surface area (Å²) in [5, 5.41) is 18.2. The number of phenolic OH excluding ortho intramolecular Hbond substituents is 1. The summed E-state index contributed by atoms with van der Waals surface area (Å²) in [6.07, 6.45) is -3.58. The average molecular weight is 419 g/mol. The maximum absolute atomic E-state index is 12.7. The van der Waals surface area contributed by atoms with Gasteiger partial charge in [0.15, 0.2) is 0 Å². The zero-order valence-corrected chi connectivity index (χ0v) is 15.3. The Labute approximate surface area is 168 Å². The molecule has 2 amide bonds. The Hall–Kier alpha value is -3.89. The quantitative estimate of drug-likeness (QED) is 0.439. The SMILES string of the molecule is O=C(C[C@@H]1N=C(N/N=C\c2ccccc2O)NC1=O)Nc1cccc(C(F)(F)F)c1. The Morgan fingerprint density at radius 2 is 2.00 bits per heavy atom. The van der Waals surface area contributed by atoms with Crippen LogP contribution in [0.1, 0.15) is 17.5 Å². The van der Waals surface area contributed by atoms with Gasteiger partial charge in [-0.1, -0.05) is 18.2 Å². The van der Waals surface area contributed by atoms with Crippen molar-refractivity contribution in [2.75, 3.05) is 5.32 Å². The first kappa shape index (κ1) is 20.8. The number of phenols is 1. The van der Waals surface area contributed by atoms with Crippen LogP contribution in [-0.2, 0) is 15.8 Å². The van der Waals surface area contributed by atoms with Gasteiger partial charge in [-0.25, -0.2) is 10.4 Å². The highest BCUT2D eigenvalue weighted by Gasteiger charge is 2.31. The number of rotatable bonds is 5. The lowest BCUT2D eigenvalue weighted by Crippen LogP contribution is -2.35. The molecule has 2 aromatic carbocycles. The van der Waals surface area contributed by atoms with Gasteiger partial charge < -0.3 is 10.4 Å². The molecule has 3 rings (SSSR count). The molecule has 0 bridgehead atoms. The van der Waals surface area contributed by atoms with Gasteiger partial charge in [-0.2, -0.15) is 18.3 Å². The number of amides is 2. The van der Waals surface area contributed by atoms with Gasteiger partial charge in [0.2, 0.25) is 11.9 Å². The number of hydrogen-bond acceptors (Lipinski definition) is 6. The smallest absolute Gasteiger partial charge is 0.416 e. The number of aliphatic imine (C=N–C) groups is 1. The van der Waals surface area contributed by atoms with E-state index in [1.807, 2.05) is 0 Å². The summed E-state index contributed by atoms with van der Waals surface area (Å²) < 4.78 is 38.2. The molecule has 8 nitrogen and oxygen atoms in total. The number of nitrogens with zero attached hydrogens (tertiary/aromatic N) is 2. The summed E-state index contributed by atoms with van der Waals surface area (Å²) in [6.45, 7) is 0. The number of hydrazone groups is 1. The molecule has 1 aliphatic rings. The van der Waals surface area contributed by atoms with Gasteiger partial charge in [0.1, 0.15) is 11.8 Å². The minimum Gasteiger partial charge on any atom is -0.507 e. The molecule has 1 aliphatic heterocycles. The van der Waals surface area contributed by atoms with E-state index in [1.165, 1.54) is 24.4 Å². The Kier molecular flexibility index (Phi) is 6.00. The van der Waals surface area contributed by atoms with Crippen molar-refractivity contribution in [3.63, 3.8) is 0 Å². The summed E-state index contributed by atoms with van der Waals surface area (Å²) >= 11 is 0. The molecular weight excluding hydrogens is 403 g/mol. The molecule has 0 aromatic heterocycles. The molecule has 0 aliphatic carbocycles. The van der Waals surface area contributed by atoms with E-state index in [9.17, 15) is 27.9 Å². The largest absolute Gasteiger partial charge is 0.507 e. The fourth-order valence-corrected chi connectivity index (χ4v) is 2.56. The second-order valence-corrected chi connectivity index (χ2v) is 6.24. The van der Waals surface area contributed by atoms with Crippen molar-refractivity contribution >= 4 is 29.7 Å². The summed E-state index contributed by atoms with van der Waals surface area (Å²) in [7, 11) is 0.